The number of nitro groups is 1. The van der Waals surface area contributed by atoms with Crippen molar-refractivity contribution in [1.29, 1.82) is 0 Å². The molecular weight excluding hydrogens is 371 g/mol. The number of nitrogens with zero attached hydrogens (tertiary/aromatic N) is 1. The molecule has 2 aromatic rings. The first-order chi connectivity index (χ1) is 10.9. The molecule has 2 rings (SSSR count). The molecule has 23 heavy (non-hydrogen) atoms. The lowest BCUT2D eigenvalue weighted by molar-refractivity contribution is -0.384. The second kappa shape index (κ2) is 7.19. The summed E-state index contributed by atoms with van der Waals surface area (Å²) in [5.74, 6) is -0.705. The SMILES string of the molecule is Cc1cccc([N+](=O)[O-])c1NC(=O)COc1ccc(F)cc1Br. The standard InChI is InChI=1S/C15H12BrFN2O4/c1-9-3-2-4-12(19(21)22)15(9)18-14(20)8-23-13-6-5-10(17)7-11(13)16/h2-7H,8H2,1H3,(H,18,20). The number of anilines is 1. The van der Waals surface area contributed by atoms with Crippen LogP contribution in [0.25, 0.3) is 0 Å². The number of hydrogen-bond donors (Lipinski definition) is 1. The smallest absolute Gasteiger partial charge is 0.293 e. The molecule has 0 radical (unpaired) electrons. The third-order valence-electron chi connectivity index (χ3n) is 2.96. The topological polar surface area (TPSA) is 81.5 Å². The molecule has 1 N–H and O–H groups in total. The average molecular weight is 383 g/mol. The van der Waals surface area contributed by atoms with E-state index >= 15 is 0 Å². The fraction of sp³-hybridized carbons (Fsp3) is 0.133. The van der Waals surface area contributed by atoms with Crippen molar-refractivity contribution in [2.24, 2.45) is 0 Å². The predicted molar refractivity (Wildman–Crippen MR) is 86.1 cm³/mol. The van der Waals surface area contributed by atoms with Crippen molar-refractivity contribution in [3.8, 4) is 5.75 Å². The Morgan fingerprint density at radius 3 is 2.78 bits per heavy atom. The van der Waals surface area contributed by atoms with Gasteiger partial charge in [0.2, 0.25) is 0 Å². The third kappa shape index (κ3) is 4.26. The lowest BCUT2D eigenvalue weighted by Crippen LogP contribution is -2.21. The summed E-state index contributed by atoms with van der Waals surface area (Å²) in [6.45, 7) is 1.29. The van der Waals surface area contributed by atoms with Crippen LogP contribution in [-0.2, 0) is 4.79 Å². The molecule has 0 unspecified atom stereocenters. The maximum atomic E-state index is 13.0. The summed E-state index contributed by atoms with van der Waals surface area (Å²) < 4.78 is 18.6. The molecule has 0 spiro atoms. The molecule has 0 heterocycles. The molecule has 0 aliphatic carbocycles. The number of nitrogens with one attached hydrogen (secondary N) is 1. The van der Waals surface area contributed by atoms with Crippen LogP contribution in [0.4, 0.5) is 15.8 Å². The minimum absolute atomic E-state index is 0.129. The third-order valence-corrected chi connectivity index (χ3v) is 3.58. The van der Waals surface area contributed by atoms with E-state index in [1.807, 2.05) is 0 Å². The van der Waals surface area contributed by atoms with Crippen LogP contribution in [0, 0.1) is 22.9 Å². The highest BCUT2D eigenvalue weighted by Crippen LogP contribution is 2.28. The van der Waals surface area contributed by atoms with Crippen molar-refractivity contribution in [3.05, 3.63) is 62.4 Å². The van der Waals surface area contributed by atoms with Gasteiger partial charge in [-0.2, -0.15) is 0 Å². The van der Waals surface area contributed by atoms with Crippen molar-refractivity contribution >= 4 is 33.2 Å². The molecule has 0 saturated heterocycles. The lowest BCUT2D eigenvalue weighted by Gasteiger charge is -2.10. The number of nitro benzene ring substituents is 1. The highest BCUT2D eigenvalue weighted by atomic mass is 79.9. The molecule has 120 valence electrons. The Labute approximate surface area is 139 Å². The van der Waals surface area contributed by atoms with E-state index in [1.165, 1.54) is 30.3 Å². The first-order valence-electron chi connectivity index (χ1n) is 6.50. The van der Waals surface area contributed by atoms with E-state index in [-0.39, 0.29) is 18.0 Å². The second-order valence-corrected chi connectivity index (χ2v) is 5.49. The van der Waals surface area contributed by atoms with Gasteiger partial charge < -0.3 is 10.1 Å². The largest absolute Gasteiger partial charge is 0.483 e. The summed E-state index contributed by atoms with van der Waals surface area (Å²) in [6.07, 6.45) is 0. The number of aryl methyl sites for hydroxylation is 1. The molecule has 0 aliphatic heterocycles. The van der Waals surface area contributed by atoms with Crippen LogP contribution in [0.3, 0.4) is 0 Å². The van der Waals surface area contributed by atoms with E-state index in [0.717, 1.165) is 0 Å². The molecule has 0 atom stereocenters. The van der Waals surface area contributed by atoms with Crippen molar-refractivity contribution in [3.63, 3.8) is 0 Å². The lowest BCUT2D eigenvalue weighted by atomic mass is 10.1. The number of rotatable bonds is 5. The molecule has 0 fully saturated rings. The second-order valence-electron chi connectivity index (χ2n) is 4.64. The summed E-state index contributed by atoms with van der Waals surface area (Å²) in [6, 6.07) is 8.28. The minimum Gasteiger partial charge on any atom is -0.483 e. The maximum absolute atomic E-state index is 13.0. The van der Waals surface area contributed by atoms with Crippen LogP contribution >= 0.6 is 15.9 Å². The Kier molecular flexibility index (Phi) is 5.28. The molecule has 0 saturated carbocycles. The van der Waals surface area contributed by atoms with E-state index < -0.39 is 16.6 Å². The Morgan fingerprint density at radius 1 is 1.39 bits per heavy atom. The molecule has 0 bridgehead atoms. The molecular formula is C15H12BrFN2O4. The molecule has 2 aromatic carbocycles. The Bertz CT molecular complexity index is 767. The van der Waals surface area contributed by atoms with E-state index in [2.05, 4.69) is 21.2 Å². The van der Waals surface area contributed by atoms with E-state index in [4.69, 9.17) is 4.74 Å². The number of ether oxygens (including phenoxy) is 1. The summed E-state index contributed by atoms with van der Waals surface area (Å²) >= 11 is 3.12. The number of carbonyl (C=O) groups excluding carboxylic acids is 1. The summed E-state index contributed by atoms with van der Waals surface area (Å²) in [5.41, 5.74) is 0.501. The van der Waals surface area contributed by atoms with Crippen LogP contribution in [0.5, 0.6) is 5.75 Å². The maximum Gasteiger partial charge on any atom is 0.293 e. The molecule has 0 aromatic heterocycles. The van der Waals surface area contributed by atoms with Gasteiger partial charge in [-0.25, -0.2) is 4.39 Å². The van der Waals surface area contributed by atoms with Crippen molar-refractivity contribution in [1.82, 2.24) is 0 Å². The Morgan fingerprint density at radius 2 is 2.13 bits per heavy atom. The van der Waals surface area contributed by atoms with Gasteiger partial charge in [-0.15, -0.1) is 0 Å². The van der Waals surface area contributed by atoms with Crippen LogP contribution in [0.1, 0.15) is 5.56 Å². The first kappa shape index (κ1) is 16.9. The van der Waals surface area contributed by atoms with Crippen LogP contribution in [0.2, 0.25) is 0 Å². The molecule has 0 aliphatic rings. The number of hydrogen-bond acceptors (Lipinski definition) is 4. The Balaban J connectivity index is 2.07. The zero-order valence-electron chi connectivity index (χ0n) is 12.0. The highest BCUT2D eigenvalue weighted by Gasteiger charge is 2.18. The van der Waals surface area contributed by atoms with Gasteiger partial charge in [0.1, 0.15) is 17.3 Å². The highest BCUT2D eigenvalue weighted by molar-refractivity contribution is 9.10. The van der Waals surface area contributed by atoms with Gasteiger partial charge in [0.25, 0.3) is 11.6 Å². The van der Waals surface area contributed by atoms with Gasteiger partial charge in [-0.05, 0) is 46.6 Å². The van der Waals surface area contributed by atoms with Crippen LogP contribution in [0.15, 0.2) is 40.9 Å². The summed E-state index contributed by atoms with van der Waals surface area (Å²) in [7, 11) is 0. The van der Waals surface area contributed by atoms with Gasteiger partial charge in [0, 0.05) is 6.07 Å². The van der Waals surface area contributed by atoms with Crippen molar-refractivity contribution < 1.29 is 18.8 Å². The van der Waals surface area contributed by atoms with Gasteiger partial charge in [0.05, 0.1) is 9.40 Å². The zero-order chi connectivity index (χ0) is 17.0. The quantitative estimate of drug-likeness (QED) is 0.629. The fourth-order valence-corrected chi connectivity index (χ4v) is 2.34. The van der Waals surface area contributed by atoms with E-state index in [9.17, 15) is 19.3 Å². The Hall–Kier alpha value is -2.48. The first-order valence-corrected chi connectivity index (χ1v) is 7.29. The number of para-hydroxylation sites is 1. The number of carbonyl (C=O) groups is 1. The van der Waals surface area contributed by atoms with Gasteiger partial charge in [-0.1, -0.05) is 12.1 Å². The predicted octanol–water partition coefficient (Wildman–Crippen LogP) is 3.82. The number of benzene rings is 2. The monoisotopic (exact) mass is 382 g/mol. The van der Waals surface area contributed by atoms with Crippen LogP contribution in [-0.4, -0.2) is 17.4 Å². The van der Waals surface area contributed by atoms with E-state index in [1.54, 1.807) is 13.0 Å². The van der Waals surface area contributed by atoms with Gasteiger partial charge >= 0.3 is 0 Å². The number of amides is 1. The molecule has 1 amide bonds. The van der Waals surface area contributed by atoms with Crippen molar-refractivity contribution in [2.75, 3.05) is 11.9 Å². The summed E-state index contributed by atoms with van der Waals surface area (Å²) in [4.78, 5) is 22.4. The summed E-state index contributed by atoms with van der Waals surface area (Å²) in [5, 5.41) is 13.5. The zero-order valence-corrected chi connectivity index (χ0v) is 13.6. The normalized spacial score (nSPS) is 10.2. The van der Waals surface area contributed by atoms with Gasteiger partial charge in [-0.3, -0.25) is 14.9 Å². The fourth-order valence-electron chi connectivity index (χ4n) is 1.88. The van der Waals surface area contributed by atoms with Crippen LogP contribution < -0.4 is 10.1 Å². The molecule has 8 heteroatoms. The van der Waals surface area contributed by atoms with Gasteiger partial charge in [0.15, 0.2) is 6.61 Å². The number of halogens is 2. The van der Waals surface area contributed by atoms with E-state index in [0.29, 0.717) is 15.8 Å². The minimum atomic E-state index is -0.569. The molecule has 6 nitrogen and oxygen atoms in total. The van der Waals surface area contributed by atoms with Crippen molar-refractivity contribution in [2.45, 2.75) is 6.92 Å². The average Bonchev–Trinajstić information content (AvgIpc) is 2.48.